The number of carbonyl (C=O) groups is 2. The van der Waals surface area contributed by atoms with Crippen LogP contribution in [0.2, 0.25) is 0 Å². The molecule has 1 saturated heterocycles. The monoisotopic (exact) mass is 290 g/mol. The molecule has 1 aliphatic heterocycles. The summed E-state index contributed by atoms with van der Waals surface area (Å²) in [5, 5.41) is 3.15. The van der Waals surface area contributed by atoms with E-state index in [9.17, 15) is 9.59 Å². The molecule has 0 spiro atoms. The van der Waals surface area contributed by atoms with Crippen molar-refractivity contribution in [2.75, 3.05) is 32.1 Å². The molecule has 2 rings (SSSR count). The average molecular weight is 290 g/mol. The molecule has 1 heterocycles. The van der Waals surface area contributed by atoms with E-state index in [0.717, 1.165) is 37.2 Å². The van der Waals surface area contributed by atoms with Gasteiger partial charge in [0.15, 0.2) is 0 Å². The maximum atomic E-state index is 12.1. The molecule has 1 N–H and O–H groups in total. The molecule has 0 radical (unpaired) electrons. The molecule has 5 heteroatoms. The third-order valence-corrected chi connectivity index (χ3v) is 3.79. The van der Waals surface area contributed by atoms with Gasteiger partial charge >= 0.3 is 5.97 Å². The Hall–Kier alpha value is -2.04. The highest BCUT2D eigenvalue weighted by Gasteiger charge is 2.16. The fourth-order valence-electron chi connectivity index (χ4n) is 2.53. The quantitative estimate of drug-likeness (QED) is 0.864. The molecule has 0 unspecified atom stereocenters. The van der Waals surface area contributed by atoms with Gasteiger partial charge in [0, 0.05) is 18.8 Å². The van der Waals surface area contributed by atoms with Gasteiger partial charge in [-0.2, -0.15) is 0 Å². The number of benzene rings is 1. The van der Waals surface area contributed by atoms with E-state index in [1.165, 1.54) is 13.5 Å². The fraction of sp³-hybridized carbons (Fsp3) is 0.500. The summed E-state index contributed by atoms with van der Waals surface area (Å²) in [7, 11) is 1.36. The highest BCUT2D eigenvalue weighted by molar-refractivity contribution is 5.90. The Morgan fingerprint density at radius 2 is 1.95 bits per heavy atom. The molecule has 5 nitrogen and oxygen atoms in total. The summed E-state index contributed by atoms with van der Waals surface area (Å²) in [5.74, 6) is -0.222. The zero-order valence-electron chi connectivity index (χ0n) is 12.6. The Kier molecular flexibility index (Phi) is 5.20. The molecule has 1 aliphatic rings. The molecule has 0 aromatic heterocycles. The second-order valence-electron chi connectivity index (χ2n) is 5.32. The third-order valence-electron chi connectivity index (χ3n) is 3.79. The van der Waals surface area contributed by atoms with E-state index in [1.807, 2.05) is 17.9 Å². The van der Waals surface area contributed by atoms with Crippen LogP contribution in [0, 0.1) is 6.92 Å². The summed E-state index contributed by atoms with van der Waals surface area (Å²) in [6.07, 6.45) is 3.41. The number of esters is 1. The molecule has 114 valence electrons. The van der Waals surface area contributed by atoms with Crippen LogP contribution in [0.25, 0.3) is 0 Å². The largest absolute Gasteiger partial charge is 0.465 e. The molecular formula is C16H22N2O3. The van der Waals surface area contributed by atoms with Crippen molar-refractivity contribution < 1.29 is 14.3 Å². The van der Waals surface area contributed by atoms with Gasteiger partial charge in [0.25, 0.3) is 0 Å². The standard InChI is InChI=1S/C16H22N2O3/c1-12-10-13(16(20)21-2)6-7-14(12)17-11-15(19)18-8-4-3-5-9-18/h6-7,10,17H,3-5,8-9,11H2,1-2H3. The molecule has 0 saturated carbocycles. The minimum absolute atomic E-state index is 0.131. The number of aryl methyl sites for hydroxylation is 1. The number of carbonyl (C=O) groups excluding carboxylic acids is 2. The zero-order valence-corrected chi connectivity index (χ0v) is 12.6. The summed E-state index contributed by atoms with van der Waals surface area (Å²) < 4.78 is 4.69. The normalized spacial score (nSPS) is 14.7. The number of rotatable bonds is 4. The Morgan fingerprint density at radius 1 is 1.24 bits per heavy atom. The number of hydrogen-bond donors (Lipinski definition) is 1. The first-order chi connectivity index (χ1) is 10.1. The molecular weight excluding hydrogens is 268 g/mol. The highest BCUT2D eigenvalue weighted by atomic mass is 16.5. The molecule has 0 aliphatic carbocycles. The van der Waals surface area contributed by atoms with Gasteiger partial charge in [-0.05, 0) is 49.9 Å². The van der Waals surface area contributed by atoms with E-state index in [1.54, 1.807) is 12.1 Å². The number of piperidine rings is 1. The maximum absolute atomic E-state index is 12.1. The van der Waals surface area contributed by atoms with Crippen LogP contribution in [-0.4, -0.2) is 43.5 Å². The van der Waals surface area contributed by atoms with Crippen LogP contribution in [0.5, 0.6) is 0 Å². The number of hydrogen-bond acceptors (Lipinski definition) is 4. The van der Waals surface area contributed by atoms with Crippen LogP contribution in [0.4, 0.5) is 5.69 Å². The van der Waals surface area contributed by atoms with Crippen LogP contribution < -0.4 is 5.32 Å². The van der Waals surface area contributed by atoms with E-state index >= 15 is 0 Å². The lowest BCUT2D eigenvalue weighted by Gasteiger charge is -2.27. The summed E-state index contributed by atoms with van der Waals surface area (Å²) >= 11 is 0. The molecule has 1 aromatic carbocycles. The number of anilines is 1. The van der Waals surface area contributed by atoms with E-state index < -0.39 is 0 Å². The molecule has 1 amide bonds. The fourth-order valence-corrected chi connectivity index (χ4v) is 2.53. The summed E-state index contributed by atoms with van der Waals surface area (Å²) in [4.78, 5) is 25.5. The predicted octanol–water partition coefficient (Wildman–Crippen LogP) is 2.21. The van der Waals surface area contributed by atoms with Crippen LogP contribution in [-0.2, 0) is 9.53 Å². The van der Waals surface area contributed by atoms with Crippen molar-refractivity contribution in [3.63, 3.8) is 0 Å². The lowest BCUT2D eigenvalue weighted by Crippen LogP contribution is -2.39. The summed E-state index contributed by atoms with van der Waals surface area (Å²) in [6.45, 7) is 3.92. The number of amides is 1. The smallest absolute Gasteiger partial charge is 0.337 e. The van der Waals surface area contributed by atoms with Gasteiger partial charge in [-0.15, -0.1) is 0 Å². The van der Waals surface area contributed by atoms with Gasteiger partial charge in [-0.3, -0.25) is 4.79 Å². The average Bonchev–Trinajstić information content (AvgIpc) is 2.53. The first kappa shape index (κ1) is 15.4. The lowest BCUT2D eigenvalue weighted by molar-refractivity contribution is -0.130. The number of methoxy groups -OCH3 is 1. The number of nitrogens with zero attached hydrogens (tertiary/aromatic N) is 1. The Morgan fingerprint density at radius 3 is 2.57 bits per heavy atom. The zero-order chi connectivity index (χ0) is 15.2. The molecule has 1 aromatic rings. The number of nitrogens with one attached hydrogen (secondary N) is 1. The molecule has 1 fully saturated rings. The molecule has 0 atom stereocenters. The third kappa shape index (κ3) is 3.97. The second kappa shape index (κ2) is 7.11. The Labute approximate surface area is 125 Å². The van der Waals surface area contributed by atoms with Crippen molar-refractivity contribution in [1.29, 1.82) is 0 Å². The minimum Gasteiger partial charge on any atom is -0.465 e. The Balaban J connectivity index is 1.93. The topological polar surface area (TPSA) is 58.6 Å². The van der Waals surface area contributed by atoms with Crippen molar-refractivity contribution in [2.24, 2.45) is 0 Å². The first-order valence-corrected chi connectivity index (χ1v) is 7.32. The van der Waals surface area contributed by atoms with Crippen molar-refractivity contribution in [2.45, 2.75) is 26.2 Å². The highest BCUT2D eigenvalue weighted by Crippen LogP contribution is 2.17. The van der Waals surface area contributed by atoms with Crippen LogP contribution in [0.1, 0.15) is 35.2 Å². The number of ether oxygens (including phenoxy) is 1. The van der Waals surface area contributed by atoms with Crippen molar-refractivity contribution in [1.82, 2.24) is 4.90 Å². The van der Waals surface area contributed by atoms with Gasteiger partial charge in [-0.1, -0.05) is 0 Å². The van der Waals surface area contributed by atoms with E-state index in [-0.39, 0.29) is 11.9 Å². The van der Waals surface area contributed by atoms with E-state index in [4.69, 9.17) is 0 Å². The van der Waals surface area contributed by atoms with Gasteiger partial charge in [0.2, 0.25) is 5.91 Å². The van der Waals surface area contributed by atoms with Gasteiger partial charge < -0.3 is 15.0 Å². The summed E-state index contributed by atoms with van der Waals surface area (Å²) in [5.41, 5.74) is 2.31. The maximum Gasteiger partial charge on any atom is 0.337 e. The SMILES string of the molecule is COC(=O)c1ccc(NCC(=O)N2CCCCC2)c(C)c1. The van der Waals surface area contributed by atoms with Crippen molar-refractivity contribution >= 4 is 17.6 Å². The van der Waals surface area contributed by atoms with Crippen molar-refractivity contribution in [3.05, 3.63) is 29.3 Å². The van der Waals surface area contributed by atoms with Gasteiger partial charge in [0.05, 0.1) is 19.2 Å². The van der Waals surface area contributed by atoms with Crippen molar-refractivity contribution in [3.8, 4) is 0 Å². The van der Waals surface area contributed by atoms with Crippen LogP contribution >= 0.6 is 0 Å². The van der Waals surface area contributed by atoms with Gasteiger partial charge in [0.1, 0.15) is 0 Å². The minimum atomic E-state index is -0.353. The second-order valence-corrected chi connectivity index (χ2v) is 5.32. The summed E-state index contributed by atoms with van der Waals surface area (Å²) in [6, 6.07) is 5.27. The van der Waals surface area contributed by atoms with Crippen LogP contribution in [0.15, 0.2) is 18.2 Å². The predicted molar refractivity (Wildman–Crippen MR) is 81.4 cm³/mol. The Bertz CT molecular complexity index is 522. The lowest BCUT2D eigenvalue weighted by atomic mass is 10.1. The molecule has 0 bridgehead atoms. The number of likely N-dealkylation sites (tertiary alicyclic amines) is 1. The van der Waals surface area contributed by atoms with Crippen LogP contribution in [0.3, 0.4) is 0 Å². The van der Waals surface area contributed by atoms with E-state index in [2.05, 4.69) is 10.1 Å². The first-order valence-electron chi connectivity index (χ1n) is 7.32. The molecule has 21 heavy (non-hydrogen) atoms. The van der Waals surface area contributed by atoms with E-state index in [0.29, 0.717) is 12.1 Å². The van der Waals surface area contributed by atoms with Gasteiger partial charge in [-0.25, -0.2) is 4.79 Å².